The normalized spacial score (nSPS) is 27.0. The largest absolute Gasteiger partial charge is 0.486 e. The highest BCUT2D eigenvalue weighted by molar-refractivity contribution is 5.38. The standard InChI is InChI=1S/C12H12O3/c1-7-5-10-11(12(13)14-7)8-3-2-4-9(6-8)15-10/h2,4-5,8-9H,3,6H2,1H3/t8-,9+/m1/s1. The van der Waals surface area contributed by atoms with E-state index in [1.807, 2.05) is 6.07 Å². The number of hydrogen-bond donors (Lipinski definition) is 0. The van der Waals surface area contributed by atoms with Gasteiger partial charge in [0, 0.05) is 12.0 Å². The van der Waals surface area contributed by atoms with Crippen LogP contribution in [0.3, 0.4) is 0 Å². The smallest absolute Gasteiger partial charge is 0.343 e. The van der Waals surface area contributed by atoms with Crippen LogP contribution in [0.4, 0.5) is 0 Å². The van der Waals surface area contributed by atoms with Crippen molar-refractivity contribution < 1.29 is 9.15 Å². The minimum atomic E-state index is -0.233. The van der Waals surface area contributed by atoms with Crippen LogP contribution in [0.15, 0.2) is 27.4 Å². The van der Waals surface area contributed by atoms with Crippen LogP contribution in [-0.4, -0.2) is 6.10 Å². The zero-order valence-corrected chi connectivity index (χ0v) is 8.53. The molecule has 2 bridgehead atoms. The Kier molecular flexibility index (Phi) is 1.75. The Morgan fingerprint density at radius 3 is 3.20 bits per heavy atom. The minimum Gasteiger partial charge on any atom is -0.486 e. The summed E-state index contributed by atoms with van der Waals surface area (Å²) in [6.45, 7) is 1.77. The number of allylic oxidation sites excluding steroid dienone is 1. The third kappa shape index (κ3) is 1.30. The van der Waals surface area contributed by atoms with Crippen molar-refractivity contribution in [2.75, 3.05) is 0 Å². The van der Waals surface area contributed by atoms with Gasteiger partial charge in [0.15, 0.2) is 0 Å². The quantitative estimate of drug-likeness (QED) is 0.608. The molecule has 0 fully saturated rings. The zero-order valence-electron chi connectivity index (χ0n) is 8.53. The molecule has 0 saturated heterocycles. The second kappa shape index (κ2) is 2.99. The first kappa shape index (κ1) is 8.77. The van der Waals surface area contributed by atoms with E-state index in [-0.39, 0.29) is 17.6 Å². The summed E-state index contributed by atoms with van der Waals surface area (Å²) in [6, 6.07) is 1.81. The third-order valence-corrected chi connectivity index (χ3v) is 3.05. The molecule has 1 aromatic rings. The molecule has 15 heavy (non-hydrogen) atoms. The summed E-state index contributed by atoms with van der Waals surface area (Å²) in [6.07, 6.45) is 6.11. The first-order valence-electron chi connectivity index (χ1n) is 5.22. The van der Waals surface area contributed by atoms with E-state index in [1.54, 1.807) is 6.92 Å². The summed E-state index contributed by atoms with van der Waals surface area (Å²) in [5.41, 5.74) is 0.491. The predicted octanol–water partition coefficient (Wildman–Crippen LogP) is 2.14. The Labute approximate surface area is 87.4 Å². The molecule has 0 unspecified atom stereocenters. The van der Waals surface area contributed by atoms with E-state index < -0.39 is 0 Å². The Balaban J connectivity index is 2.20. The highest BCUT2D eigenvalue weighted by atomic mass is 16.5. The summed E-state index contributed by atoms with van der Waals surface area (Å²) in [5, 5.41) is 0. The Morgan fingerprint density at radius 1 is 1.47 bits per heavy atom. The van der Waals surface area contributed by atoms with E-state index in [0.717, 1.165) is 18.4 Å². The van der Waals surface area contributed by atoms with Crippen LogP contribution in [0.1, 0.15) is 30.1 Å². The van der Waals surface area contributed by atoms with Gasteiger partial charge < -0.3 is 9.15 Å². The van der Waals surface area contributed by atoms with Gasteiger partial charge in [0.2, 0.25) is 0 Å². The average molecular weight is 204 g/mol. The fraction of sp³-hybridized carbons (Fsp3) is 0.417. The highest BCUT2D eigenvalue weighted by Gasteiger charge is 2.32. The lowest BCUT2D eigenvalue weighted by molar-refractivity contribution is 0.187. The number of ether oxygens (including phenoxy) is 1. The lowest BCUT2D eigenvalue weighted by Gasteiger charge is -2.32. The molecule has 0 N–H and O–H groups in total. The van der Waals surface area contributed by atoms with Gasteiger partial charge in [-0.2, -0.15) is 0 Å². The highest BCUT2D eigenvalue weighted by Crippen LogP contribution is 2.39. The molecule has 1 aliphatic carbocycles. The molecule has 3 rings (SSSR count). The van der Waals surface area contributed by atoms with Crippen molar-refractivity contribution in [1.82, 2.24) is 0 Å². The molecule has 0 amide bonds. The maximum Gasteiger partial charge on any atom is 0.343 e. The molecule has 0 radical (unpaired) electrons. The molecule has 0 aromatic carbocycles. The molecule has 3 heteroatoms. The summed E-state index contributed by atoms with van der Waals surface area (Å²) in [7, 11) is 0. The van der Waals surface area contributed by atoms with Crippen molar-refractivity contribution in [3.05, 3.63) is 40.0 Å². The zero-order chi connectivity index (χ0) is 10.4. The van der Waals surface area contributed by atoms with E-state index in [4.69, 9.17) is 9.15 Å². The maximum absolute atomic E-state index is 11.7. The van der Waals surface area contributed by atoms with Gasteiger partial charge in [-0.3, -0.25) is 0 Å². The second-order valence-electron chi connectivity index (χ2n) is 4.18. The predicted molar refractivity (Wildman–Crippen MR) is 55.2 cm³/mol. The van der Waals surface area contributed by atoms with Crippen LogP contribution < -0.4 is 10.4 Å². The molecular weight excluding hydrogens is 192 g/mol. The van der Waals surface area contributed by atoms with Crippen LogP contribution in [0.5, 0.6) is 5.75 Å². The molecule has 0 saturated carbocycles. The Bertz CT molecular complexity index is 484. The number of fused-ring (bicyclic) bond motifs is 4. The van der Waals surface area contributed by atoms with Gasteiger partial charge in [-0.15, -0.1) is 0 Å². The van der Waals surface area contributed by atoms with Gasteiger partial charge in [-0.1, -0.05) is 6.08 Å². The van der Waals surface area contributed by atoms with Crippen molar-refractivity contribution in [2.45, 2.75) is 31.8 Å². The fourth-order valence-corrected chi connectivity index (χ4v) is 2.39. The first-order chi connectivity index (χ1) is 7.24. The van der Waals surface area contributed by atoms with Crippen molar-refractivity contribution in [3.63, 3.8) is 0 Å². The average Bonchev–Trinajstić information content (AvgIpc) is 2.15. The van der Waals surface area contributed by atoms with Crippen molar-refractivity contribution in [1.29, 1.82) is 0 Å². The van der Waals surface area contributed by atoms with Crippen LogP contribution in [0, 0.1) is 6.92 Å². The Hall–Kier alpha value is -1.51. The molecule has 78 valence electrons. The molecule has 3 nitrogen and oxygen atoms in total. The minimum absolute atomic E-state index is 0.137. The maximum atomic E-state index is 11.7. The fourth-order valence-electron chi connectivity index (χ4n) is 2.39. The van der Waals surface area contributed by atoms with Crippen LogP contribution in [-0.2, 0) is 0 Å². The van der Waals surface area contributed by atoms with E-state index in [9.17, 15) is 4.79 Å². The third-order valence-electron chi connectivity index (χ3n) is 3.05. The molecule has 1 aromatic heterocycles. The van der Waals surface area contributed by atoms with Gasteiger partial charge in [-0.05, 0) is 25.8 Å². The SMILES string of the molecule is Cc1cc2c(c(=O)o1)[C@@H]1CC=C[C@@H](C1)O2. The summed E-state index contributed by atoms with van der Waals surface area (Å²) in [5.74, 6) is 1.61. The van der Waals surface area contributed by atoms with E-state index in [0.29, 0.717) is 11.5 Å². The van der Waals surface area contributed by atoms with E-state index in [1.165, 1.54) is 0 Å². The van der Waals surface area contributed by atoms with Gasteiger partial charge in [0.05, 0.1) is 5.56 Å². The van der Waals surface area contributed by atoms with E-state index >= 15 is 0 Å². The van der Waals surface area contributed by atoms with Crippen LogP contribution >= 0.6 is 0 Å². The summed E-state index contributed by atoms with van der Waals surface area (Å²) < 4.78 is 10.8. The summed E-state index contributed by atoms with van der Waals surface area (Å²) >= 11 is 0. The molecule has 2 heterocycles. The molecule has 2 aliphatic rings. The first-order valence-corrected chi connectivity index (χ1v) is 5.22. The van der Waals surface area contributed by atoms with Crippen LogP contribution in [0.25, 0.3) is 0 Å². The van der Waals surface area contributed by atoms with Crippen LogP contribution in [0.2, 0.25) is 0 Å². The van der Waals surface area contributed by atoms with Crippen molar-refractivity contribution >= 4 is 0 Å². The number of aryl methyl sites for hydroxylation is 1. The van der Waals surface area contributed by atoms with Gasteiger partial charge >= 0.3 is 5.63 Å². The number of hydrogen-bond acceptors (Lipinski definition) is 3. The van der Waals surface area contributed by atoms with E-state index in [2.05, 4.69) is 12.2 Å². The molecule has 0 spiro atoms. The van der Waals surface area contributed by atoms with Gasteiger partial charge in [0.1, 0.15) is 17.6 Å². The van der Waals surface area contributed by atoms with Crippen molar-refractivity contribution in [3.8, 4) is 5.75 Å². The molecule has 2 atom stereocenters. The molecule has 1 aliphatic heterocycles. The monoisotopic (exact) mass is 204 g/mol. The van der Waals surface area contributed by atoms with Gasteiger partial charge in [-0.25, -0.2) is 4.79 Å². The lowest BCUT2D eigenvalue weighted by Crippen LogP contribution is -2.30. The topological polar surface area (TPSA) is 39.4 Å². The van der Waals surface area contributed by atoms with Gasteiger partial charge in [0.25, 0.3) is 0 Å². The summed E-state index contributed by atoms with van der Waals surface area (Å²) in [4.78, 5) is 11.7. The second-order valence-corrected chi connectivity index (χ2v) is 4.18. The lowest BCUT2D eigenvalue weighted by atomic mass is 9.84. The van der Waals surface area contributed by atoms with Crippen molar-refractivity contribution in [2.24, 2.45) is 0 Å². The Morgan fingerprint density at radius 2 is 2.33 bits per heavy atom. The number of rotatable bonds is 0. The molecular formula is C12H12O3.